The first-order chi connectivity index (χ1) is 15.1. The number of ketones is 1. The SMILES string of the molecule is CC(=O)NCCc1ccc(C(=O)CSc2nnc(-c3ccco3)n2-c2ccccc2)s1. The molecule has 0 saturated carbocycles. The van der Waals surface area contributed by atoms with Gasteiger partial charge in [0.2, 0.25) is 11.7 Å². The highest BCUT2D eigenvalue weighted by Crippen LogP contribution is 2.29. The Morgan fingerprint density at radius 3 is 2.68 bits per heavy atom. The lowest BCUT2D eigenvalue weighted by molar-refractivity contribution is -0.118. The van der Waals surface area contributed by atoms with E-state index >= 15 is 0 Å². The molecule has 1 N–H and O–H groups in total. The van der Waals surface area contributed by atoms with Gasteiger partial charge in [0.1, 0.15) is 0 Å². The number of carbonyl (C=O) groups excluding carboxylic acids is 2. The number of rotatable bonds is 9. The molecule has 0 aliphatic heterocycles. The summed E-state index contributed by atoms with van der Waals surface area (Å²) in [5.74, 6) is 1.41. The topological polar surface area (TPSA) is 90.0 Å². The van der Waals surface area contributed by atoms with Crippen LogP contribution in [-0.4, -0.2) is 38.8 Å². The molecule has 0 radical (unpaired) electrons. The molecule has 9 heteroatoms. The summed E-state index contributed by atoms with van der Waals surface area (Å²) in [7, 11) is 0. The van der Waals surface area contributed by atoms with Crippen molar-refractivity contribution in [2.75, 3.05) is 12.3 Å². The molecule has 31 heavy (non-hydrogen) atoms. The number of para-hydroxylation sites is 1. The number of furan rings is 1. The summed E-state index contributed by atoms with van der Waals surface area (Å²) >= 11 is 2.80. The lowest BCUT2D eigenvalue weighted by Crippen LogP contribution is -2.22. The lowest BCUT2D eigenvalue weighted by atomic mass is 10.3. The molecule has 3 heterocycles. The number of thiophene rings is 1. The van der Waals surface area contributed by atoms with Gasteiger partial charge in [0, 0.05) is 24.0 Å². The van der Waals surface area contributed by atoms with Crippen LogP contribution in [0.4, 0.5) is 0 Å². The van der Waals surface area contributed by atoms with E-state index in [0.29, 0.717) is 34.6 Å². The van der Waals surface area contributed by atoms with E-state index in [-0.39, 0.29) is 17.4 Å². The minimum Gasteiger partial charge on any atom is -0.461 e. The number of aromatic nitrogens is 3. The number of thioether (sulfide) groups is 1. The minimum atomic E-state index is -0.0549. The van der Waals surface area contributed by atoms with Gasteiger partial charge in [-0.05, 0) is 42.8 Å². The second-order valence-corrected chi connectivity index (χ2v) is 8.78. The largest absolute Gasteiger partial charge is 0.461 e. The number of nitrogens with one attached hydrogen (secondary N) is 1. The Morgan fingerprint density at radius 1 is 1.10 bits per heavy atom. The summed E-state index contributed by atoms with van der Waals surface area (Å²) in [6.07, 6.45) is 2.30. The van der Waals surface area contributed by atoms with Crippen molar-refractivity contribution in [1.29, 1.82) is 0 Å². The summed E-state index contributed by atoms with van der Waals surface area (Å²) in [6.45, 7) is 2.06. The molecule has 0 unspecified atom stereocenters. The fourth-order valence-corrected chi connectivity index (χ4v) is 4.84. The standard InChI is InChI=1S/C22H20N4O3S2/c1-15(27)23-12-11-17-9-10-20(31-17)18(28)14-30-22-25-24-21(19-8-5-13-29-19)26(22)16-6-3-2-4-7-16/h2-10,13H,11-12,14H2,1H3,(H,23,27). The van der Waals surface area contributed by atoms with Gasteiger partial charge in [0.15, 0.2) is 16.7 Å². The number of benzene rings is 1. The molecule has 4 rings (SSSR count). The van der Waals surface area contributed by atoms with Gasteiger partial charge in [-0.3, -0.25) is 14.2 Å². The van der Waals surface area contributed by atoms with Crippen molar-refractivity contribution in [2.45, 2.75) is 18.5 Å². The van der Waals surface area contributed by atoms with Crippen LogP contribution in [0.3, 0.4) is 0 Å². The molecule has 0 aliphatic rings. The van der Waals surface area contributed by atoms with Crippen molar-refractivity contribution in [1.82, 2.24) is 20.1 Å². The molecule has 7 nitrogen and oxygen atoms in total. The van der Waals surface area contributed by atoms with Gasteiger partial charge in [-0.2, -0.15) is 0 Å². The zero-order chi connectivity index (χ0) is 21.6. The van der Waals surface area contributed by atoms with Gasteiger partial charge in [-0.15, -0.1) is 21.5 Å². The van der Waals surface area contributed by atoms with Crippen LogP contribution in [0.15, 0.2) is 70.4 Å². The number of Topliss-reactive ketones (excluding diaryl/α,β-unsaturated/α-hetero) is 1. The Labute approximate surface area is 187 Å². The van der Waals surface area contributed by atoms with Gasteiger partial charge < -0.3 is 9.73 Å². The summed E-state index contributed by atoms with van der Waals surface area (Å²) in [5.41, 5.74) is 0.894. The second kappa shape index (κ2) is 9.76. The molecular formula is C22H20N4O3S2. The summed E-state index contributed by atoms with van der Waals surface area (Å²) in [4.78, 5) is 25.5. The number of hydrogen-bond donors (Lipinski definition) is 1. The molecule has 0 fully saturated rings. The molecule has 4 aromatic rings. The highest BCUT2D eigenvalue weighted by atomic mass is 32.2. The molecule has 0 saturated heterocycles. The van der Waals surface area contributed by atoms with Crippen LogP contribution < -0.4 is 5.32 Å². The minimum absolute atomic E-state index is 0.0305. The number of nitrogens with zero attached hydrogens (tertiary/aromatic N) is 3. The molecule has 158 valence electrons. The van der Waals surface area contributed by atoms with Crippen LogP contribution in [0.1, 0.15) is 21.5 Å². The van der Waals surface area contributed by atoms with Crippen molar-refractivity contribution in [3.8, 4) is 17.3 Å². The molecule has 0 aliphatic carbocycles. The van der Waals surface area contributed by atoms with Crippen LogP contribution in [0.5, 0.6) is 0 Å². The number of amides is 1. The van der Waals surface area contributed by atoms with Crippen LogP contribution >= 0.6 is 23.1 Å². The lowest BCUT2D eigenvalue weighted by Gasteiger charge is -2.08. The maximum absolute atomic E-state index is 12.7. The van der Waals surface area contributed by atoms with E-state index in [2.05, 4.69) is 15.5 Å². The average molecular weight is 453 g/mol. The van der Waals surface area contributed by atoms with Crippen molar-refractivity contribution < 1.29 is 14.0 Å². The van der Waals surface area contributed by atoms with Crippen LogP contribution in [0.25, 0.3) is 17.3 Å². The first-order valence-corrected chi connectivity index (χ1v) is 11.5. The van der Waals surface area contributed by atoms with Gasteiger partial charge in [0.25, 0.3) is 0 Å². The second-order valence-electron chi connectivity index (χ2n) is 6.67. The highest BCUT2D eigenvalue weighted by Gasteiger charge is 2.19. The van der Waals surface area contributed by atoms with Gasteiger partial charge >= 0.3 is 0 Å². The molecule has 0 atom stereocenters. The molecule has 0 spiro atoms. The van der Waals surface area contributed by atoms with Gasteiger partial charge in [-0.1, -0.05) is 30.0 Å². The van der Waals surface area contributed by atoms with Crippen molar-refractivity contribution in [2.24, 2.45) is 0 Å². The fraction of sp³-hybridized carbons (Fsp3) is 0.182. The third-order valence-electron chi connectivity index (χ3n) is 4.40. The Hall–Kier alpha value is -3.17. The molecule has 1 amide bonds. The quantitative estimate of drug-likeness (QED) is 0.302. The molecule has 3 aromatic heterocycles. The monoisotopic (exact) mass is 452 g/mol. The predicted octanol–water partition coefficient (Wildman–Crippen LogP) is 4.24. The fourth-order valence-electron chi connectivity index (χ4n) is 2.96. The maximum Gasteiger partial charge on any atom is 0.216 e. The maximum atomic E-state index is 12.7. The zero-order valence-electron chi connectivity index (χ0n) is 16.8. The molecule has 1 aromatic carbocycles. The predicted molar refractivity (Wildman–Crippen MR) is 121 cm³/mol. The summed E-state index contributed by atoms with van der Waals surface area (Å²) in [5, 5.41) is 12.0. The number of hydrogen-bond acceptors (Lipinski definition) is 7. The Kier molecular flexibility index (Phi) is 6.63. The van der Waals surface area contributed by atoms with Crippen LogP contribution in [0, 0.1) is 0 Å². The Bertz CT molecular complexity index is 1170. The smallest absolute Gasteiger partial charge is 0.216 e. The van der Waals surface area contributed by atoms with Crippen molar-refractivity contribution in [3.63, 3.8) is 0 Å². The van der Waals surface area contributed by atoms with Crippen molar-refractivity contribution >= 4 is 34.8 Å². The Balaban J connectivity index is 1.48. The van der Waals surface area contributed by atoms with Gasteiger partial charge in [0.05, 0.1) is 16.9 Å². The Morgan fingerprint density at radius 2 is 1.94 bits per heavy atom. The first-order valence-electron chi connectivity index (χ1n) is 9.65. The van der Waals surface area contributed by atoms with E-state index in [1.165, 1.54) is 30.0 Å². The van der Waals surface area contributed by atoms with E-state index in [0.717, 1.165) is 10.6 Å². The normalized spacial score (nSPS) is 10.9. The van der Waals surface area contributed by atoms with Crippen molar-refractivity contribution in [3.05, 3.63) is 70.6 Å². The van der Waals surface area contributed by atoms with E-state index < -0.39 is 0 Å². The third-order valence-corrected chi connectivity index (χ3v) is 6.52. The molecule has 0 bridgehead atoms. The zero-order valence-corrected chi connectivity index (χ0v) is 18.4. The van der Waals surface area contributed by atoms with E-state index in [9.17, 15) is 9.59 Å². The highest BCUT2D eigenvalue weighted by molar-refractivity contribution is 7.99. The van der Waals surface area contributed by atoms with E-state index in [1.807, 2.05) is 53.1 Å². The first kappa shape index (κ1) is 21.1. The number of carbonyl (C=O) groups is 2. The van der Waals surface area contributed by atoms with E-state index in [1.54, 1.807) is 12.3 Å². The van der Waals surface area contributed by atoms with Crippen LogP contribution in [-0.2, 0) is 11.2 Å². The van der Waals surface area contributed by atoms with Gasteiger partial charge in [-0.25, -0.2) is 0 Å². The van der Waals surface area contributed by atoms with Crippen LogP contribution in [0.2, 0.25) is 0 Å². The third kappa shape index (κ3) is 5.12. The van der Waals surface area contributed by atoms with E-state index in [4.69, 9.17) is 4.42 Å². The summed E-state index contributed by atoms with van der Waals surface area (Å²) in [6, 6.07) is 17.2. The molecular weight excluding hydrogens is 432 g/mol. The summed E-state index contributed by atoms with van der Waals surface area (Å²) < 4.78 is 7.41. The average Bonchev–Trinajstić information content (AvgIpc) is 3.52.